The molecule has 0 aliphatic heterocycles. The maximum absolute atomic E-state index is 2.41. The van der Waals surface area contributed by atoms with Gasteiger partial charge in [0.25, 0.3) is 0 Å². The molecule has 2 unspecified atom stereocenters. The van der Waals surface area contributed by atoms with Crippen molar-refractivity contribution in [2.45, 2.75) is 12.8 Å². The molecule has 4 rings (SSSR count). The molecule has 0 aromatic heterocycles. The first-order valence-electron chi connectivity index (χ1n) is 7.47. The lowest BCUT2D eigenvalue weighted by Gasteiger charge is -2.16. The van der Waals surface area contributed by atoms with Crippen LogP contribution in [0.1, 0.15) is 24.0 Å². The first-order valence-corrected chi connectivity index (χ1v) is 7.47. The Morgan fingerprint density at radius 1 is 0.650 bits per heavy atom. The van der Waals surface area contributed by atoms with E-state index in [-0.39, 0.29) is 0 Å². The van der Waals surface area contributed by atoms with Crippen LogP contribution in [0.3, 0.4) is 0 Å². The van der Waals surface area contributed by atoms with Crippen LogP contribution in [0.2, 0.25) is 0 Å². The molecular formula is C20H18. The van der Waals surface area contributed by atoms with E-state index >= 15 is 0 Å². The summed E-state index contributed by atoms with van der Waals surface area (Å²) in [6.07, 6.45) is 7.46. The lowest BCUT2D eigenvalue weighted by molar-refractivity contribution is 0.705. The summed E-state index contributed by atoms with van der Waals surface area (Å²) in [7, 11) is 0. The van der Waals surface area contributed by atoms with Gasteiger partial charge >= 0.3 is 0 Å². The molecule has 2 bridgehead atoms. The zero-order valence-corrected chi connectivity index (χ0v) is 11.5. The quantitative estimate of drug-likeness (QED) is 0.659. The normalized spacial score (nSPS) is 23.3. The molecule has 2 aliphatic carbocycles. The Kier molecular flexibility index (Phi) is 2.81. The van der Waals surface area contributed by atoms with Crippen LogP contribution >= 0.6 is 0 Å². The molecule has 2 aromatic rings. The molecule has 20 heavy (non-hydrogen) atoms. The number of hydrogen-bond donors (Lipinski definition) is 0. The zero-order valence-electron chi connectivity index (χ0n) is 11.5. The van der Waals surface area contributed by atoms with Crippen LogP contribution in [0.15, 0.2) is 78.4 Å². The van der Waals surface area contributed by atoms with Crippen LogP contribution in [-0.4, -0.2) is 0 Å². The van der Waals surface area contributed by atoms with Gasteiger partial charge in [0.15, 0.2) is 0 Å². The number of hydrogen-bond acceptors (Lipinski definition) is 0. The minimum atomic E-state index is 0.662. The van der Waals surface area contributed by atoms with Crippen LogP contribution in [-0.2, 0) is 0 Å². The Hall–Kier alpha value is -2.08. The standard InChI is InChI=1S/C20H18/c1-3-7-15(8-4-1)19(16-9-5-2-6-10-16)20-17-11-12-18(20)14-13-17/h1-12,17-18H,13-14H2. The fourth-order valence-electron chi connectivity index (χ4n) is 3.69. The fraction of sp³-hybridized carbons (Fsp3) is 0.200. The Morgan fingerprint density at radius 2 is 1.10 bits per heavy atom. The van der Waals surface area contributed by atoms with Crippen molar-refractivity contribution in [2.24, 2.45) is 11.8 Å². The van der Waals surface area contributed by atoms with Gasteiger partial charge in [-0.25, -0.2) is 0 Å². The van der Waals surface area contributed by atoms with Gasteiger partial charge in [-0.15, -0.1) is 0 Å². The highest BCUT2D eigenvalue weighted by Crippen LogP contribution is 2.48. The lowest BCUT2D eigenvalue weighted by atomic mass is 9.88. The first-order chi connectivity index (χ1) is 9.93. The Morgan fingerprint density at radius 3 is 1.50 bits per heavy atom. The second kappa shape index (κ2) is 4.79. The molecule has 1 fully saturated rings. The third-order valence-corrected chi connectivity index (χ3v) is 4.58. The van der Waals surface area contributed by atoms with Crippen molar-refractivity contribution in [2.75, 3.05) is 0 Å². The van der Waals surface area contributed by atoms with Gasteiger partial charge in [0.2, 0.25) is 0 Å². The Labute approximate surface area is 120 Å². The van der Waals surface area contributed by atoms with E-state index in [1.807, 2.05) is 0 Å². The van der Waals surface area contributed by atoms with E-state index in [1.54, 1.807) is 5.57 Å². The molecular weight excluding hydrogens is 240 g/mol. The molecule has 0 saturated heterocycles. The van der Waals surface area contributed by atoms with Gasteiger partial charge < -0.3 is 0 Å². The largest absolute Gasteiger partial charge is 0.0807 e. The second-order valence-corrected chi connectivity index (χ2v) is 5.74. The first kappa shape index (κ1) is 11.7. The Bertz CT molecular complexity index is 604. The van der Waals surface area contributed by atoms with Gasteiger partial charge in [-0.2, -0.15) is 0 Å². The summed E-state index contributed by atoms with van der Waals surface area (Å²) in [6, 6.07) is 21.7. The van der Waals surface area contributed by atoms with Crippen LogP contribution in [0.4, 0.5) is 0 Å². The van der Waals surface area contributed by atoms with E-state index in [9.17, 15) is 0 Å². The zero-order chi connectivity index (χ0) is 13.4. The molecule has 0 amide bonds. The highest BCUT2D eigenvalue weighted by Gasteiger charge is 2.34. The van der Waals surface area contributed by atoms with E-state index in [1.165, 1.54) is 29.5 Å². The summed E-state index contributed by atoms with van der Waals surface area (Å²) >= 11 is 0. The van der Waals surface area contributed by atoms with E-state index in [2.05, 4.69) is 72.8 Å². The van der Waals surface area contributed by atoms with Crippen molar-refractivity contribution in [3.05, 3.63) is 89.5 Å². The van der Waals surface area contributed by atoms with E-state index in [0.717, 1.165) is 0 Å². The van der Waals surface area contributed by atoms with Gasteiger partial charge in [-0.3, -0.25) is 0 Å². The smallest absolute Gasteiger partial charge is 0.000738 e. The van der Waals surface area contributed by atoms with Crippen LogP contribution < -0.4 is 0 Å². The van der Waals surface area contributed by atoms with Crippen LogP contribution in [0, 0.1) is 11.8 Å². The van der Waals surface area contributed by atoms with Crippen molar-refractivity contribution in [1.29, 1.82) is 0 Å². The summed E-state index contributed by atoms with van der Waals surface area (Å²) in [5, 5.41) is 0. The summed E-state index contributed by atoms with van der Waals surface area (Å²) in [6.45, 7) is 0. The third kappa shape index (κ3) is 1.84. The summed E-state index contributed by atoms with van der Waals surface area (Å²) in [5.41, 5.74) is 5.81. The van der Waals surface area contributed by atoms with Gasteiger partial charge in [0, 0.05) is 0 Å². The van der Waals surface area contributed by atoms with Crippen molar-refractivity contribution in [3.63, 3.8) is 0 Å². The molecule has 2 aliphatic rings. The predicted molar refractivity (Wildman–Crippen MR) is 84.3 cm³/mol. The number of rotatable bonds is 2. The molecule has 2 atom stereocenters. The van der Waals surface area contributed by atoms with E-state index in [4.69, 9.17) is 0 Å². The predicted octanol–water partition coefficient (Wildman–Crippen LogP) is 5.08. The van der Waals surface area contributed by atoms with Gasteiger partial charge in [-0.05, 0) is 47.0 Å². The van der Waals surface area contributed by atoms with E-state index in [0.29, 0.717) is 11.8 Å². The summed E-state index contributed by atoms with van der Waals surface area (Å²) < 4.78 is 0. The van der Waals surface area contributed by atoms with Crippen LogP contribution in [0.5, 0.6) is 0 Å². The second-order valence-electron chi connectivity index (χ2n) is 5.74. The molecule has 0 radical (unpaired) electrons. The summed E-state index contributed by atoms with van der Waals surface area (Å²) in [5.74, 6) is 1.32. The minimum Gasteiger partial charge on any atom is -0.0807 e. The molecule has 0 spiro atoms. The molecule has 1 saturated carbocycles. The number of benzene rings is 2. The van der Waals surface area contributed by atoms with Crippen LogP contribution in [0.25, 0.3) is 5.57 Å². The monoisotopic (exact) mass is 258 g/mol. The van der Waals surface area contributed by atoms with Gasteiger partial charge in [0.1, 0.15) is 0 Å². The topological polar surface area (TPSA) is 0 Å². The molecule has 0 N–H and O–H groups in total. The van der Waals surface area contributed by atoms with Crippen molar-refractivity contribution < 1.29 is 0 Å². The average Bonchev–Trinajstić information content (AvgIpc) is 3.10. The highest BCUT2D eigenvalue weighted by atomic mass is 14.4. The fourth-order valence-corrected chi connectivity index (χ4v) is 3.69. The number of fused-ring (bicyclic) bond motifs is 2. The maximum Gasteiger partial charge on any atom is -0.000738 e. The van der Waals surface area contributed by atoms with Crippen molar-refractivity contribution >= 4 is 5.57 Å². The molecule has 98 valence electrons. The van der Waals surface area contributed by atoms with Crippen molar-refractivity contribution in [1.82, 2.24) is 0 Å². The molecule has 2 aromatic carbocycles. The van der Waals surface area contributed by atoms with Gasteiger partial charge in [0.05, 0.1) is 0 Å². The molecule has 0 nitrogen and oxygen atoms in total. The SMILES string of the molecule is C1=CC2CCC1C2=C(c1ccccc1)c1ccccc1. The number of allylic oxidation sites excluding steroid dienone is 3. The third-order valence-electron chi connectivity index (χ3n) is 4.58. The summed E-state index contributed by atoms with van der Waals surface area (Å²) in [4.78, 5) is 0. The van der Waals surface area contributed by atoms with Crippen molar-refractivity contribution in [3.8, 4) is 0 Å². The average molecular weight is 258 g/mol. The Balaban J connectivity index is 1.94. The highest BCUT2D eigenvalue weighted by molar-refractivity contribution is 5.84. The molecule has 0 heteroatoms. The maximum atomic E-state index is 2.41. The molecule has 0 heterocycles. The minimum absolute atomic E-state index is 0.662. The lowest BCUT2D eigenvalue weighted by Crippen LogP contribution is -1.99. The van der Waals surface area contributed by atoms with Gasteiger partial charge in [-0.1, -0.05) is 72.8 Å². The van der Waals surface area contributed by atoms with E-state index < -0.39 is 0 Å².